The fourth-order valence-electron chi connectivity index (χ4n) is 3.65. The third kappa shape index (κ3) is 4.16. The van der Waals surface area contributed by atoms with Crippen LogP contribution in [-0.4, -0.2) is 30.6 Å². The number of pyridine rings is 1. The highest BCUT2D eigenvalue weighted by Gasteiger charge is 2.28. The van der Waals surface area contributed by atoms with E-state index in [4.69, 9.17) is 4.74 Å². The Bertz CT molecular complexity index is 994. The number of fused-ring (bicyclic) bond motifs is 1. The first-order valence-electron chi connectivity index (χ1n) is 9.61. The van der Waals surface area contributed by atoms with E-state index in [-0.39, 0.29) is 0 Å². The van der Waals surface area contributed by atoms with E-state index in [0.717, 1.165) is 35.0 Å². The van der Waals surface area contributed by atoms with Crippen LogP contribution in [0.5, 0.6) is 5.88 Å². The third-order valence-corrected chi connectivity index (χ3v) is 5.20. The number of aromatic nitrogens is 1. The summed E-state index contributed by atoms with van der Waals surface area (Å²) in [4.78, 5) is 6.87. The molecule has 1 aromatic heterocycles. The van der Waals surface area contributed by atoms with Crippen LogP contribution in [0.1, 0.15) is 30.5 Å². The molecule has 144 valence electrons. The predicted molar refractivity (Wildman–Crippen MR) is 113 cm³/mol. The first kappa shape index (κ1) is 19.9. The van der Waals surface area contributed by atoms with Gasteiger partial charge < -0.3 is 9.64 Å². The Morgan fingerprint density at radius 3 is 2.54 bits per heavy atom. The SMILES string of the molecule is CCc1cc2ccc(C(C)(C#N)CN(C)Cc3ccccc3)cc2nc1OC. The van der Waals surface area contributed by atoms with E-state index in [9.17, 15) is 5.26 Å². The molecular weight excluding hydrogens is 346 g/mol. The van der Waals surface area contributed by atoms with Gasteiger partial charge in [0.2, 0.25) is 5.88 Å². The Labute approximate surface area is 167 Å². The van der Waals surface area contributed by atoms with Crippen LogP contribution < -0.4 is 4.74 Å². The van der Waals surface area contributed by atoms with Crippen molar-refractivity contribution in [2.75, 3.05) is 20.7 Å². The van der Waals surface area contributed by atoms with Gasteiger partial charge in [0.05, 0.1) is 24.1 Å². The Hall–Kier alpha value is -2.90. The van der Waals surface area contributed by atoms with Crippen LogP contribution >= 0.6 is 0 Å². The molecule has 0 amide bonds. The maximum absolute atomic E-state index is 9.99. The van der Waals surface area contributed by atoms with Gasteiger partial charge in [-0.25, -0.2) is 4.98 Å². The monoisotopic (exact) mass is 373 g/mol. The lowest BCUT2D eigenvalue weighted by molar-refractivity contribution is 0.281. The maximum Gasteiger partial charge on any atom is 0.216 e. The van der Waals surface area contributed by atoms with Gasteiger partial charge in [0, 0.05) is 24.0 Å². The predicted octanol–water partition coefficient (Wildman–Crippen LogP) is 4.72. The number of nitriles is 1. The first-order valence-corrected chi connectivity index (χ1v) is 9.61. The lowest BCUT2D eigenvalue weighted by Gasteiger charge is -2.28. The number of ether oxygens (including phenoxy) is 1. The standard InChI is InChI=1S/C24H27N3O/c1-5-19-13-20-11-12-21(14-22(20)26-23(19)28-4)24(2,16-25)17-27(3)15-18-9-7-6-8-10-18/h6-14H,5,15,17H2,1-4H3. The summed E-state index contributed by atoms with van der Waals surface area (Å²) in [5, 5.41) is 11.1. The topological polar surface area (TPSA) is 49.2 Å². The molecule has 0 spiro atoms. The molecule has 1 heterocycles. The second-order valence-corrected chi connectivity index (χ2v) is 7.52. The van der Waals surface area contributed by atoms with Crippen LogP contribution in [0.15, 0.2) is 54.6 Å². The third-order valence-electron chi connectivity index (χ3n) is 5.20. The van der Waals surface area contributed by atoms with Crippen LogP contribution in [0.3, 0.4) is 0 Å². The van der Waals surface area contributed by atoms with Gasteiger partial charge in [-0.3, -0.25) is 0 Å². The normalized spacial score (nSPS) is 13.3. The first-order chi connectivity index (χ1) is 13.5. The summed E-state index contributed by atoms with van der Waals surface area (Å²) in [5.41, 5.74) is 3.53. The summed E-state index contributed by atoms with van der Waals surface area (Å²) < 4.78 is 5.44. The van der Waals surface area contributed by atoms with Gasteiger partial charge in [-0.2, -0.15) is 5.26 Å². The van der Waals surface area contributed by atoms with Crippen molar-refractivity contribution in [3.05, 3.63) is 71.3 Å². The largest absolute Gasteiger partial charge is 0.481 e. The van der Waals surface area contributed by atoms with Gasteiger partial charge in [-0.05, 0) is 43.7 Å². The Morgan fingerprint density at radius 1 is 1.14 bits per heavy atom. The fourth-order valence-corrected chi connectivity index (χ4v) is 3.65. The van der Waals surface area contributed by atoms with Gasteiger partial charge in [-0.15, -0.1) is 0 Å². The molecule has 0 N–H and O–H groups in total. The molecule has 0 fully saturated rings. The van der Waals surface area contributed by atoms with E-state index < -0.39 is 5.41 Å². The van der Waals surface area contributed by atoms with Crippen molar-refractivity contribution in [2.24, 2.45) is 0 Å². The number of benzene rings is 2. The number of rotatable bonds is 7. The van der Waals surface area contributed by atoms with Crippen molar-refractivity contribution >= 4 is 10.9 Å². The van der Waals surface area contributed by atoms with E-state index in [0.29, 0.717) is 12.4 Å². The minimum atomic E-state index is -0.629. The lowest BCUT2D eigenvalue weighted by Crippen LogP contribution is -2.35. The molecule has 1 atom stereocenters. The van der Waals surface area contributed by atoms with Crippen molar-refractivity contribution in [3.63, 3.8) is 0 Å². The van der Waals surface area contributed by atoms with Crippen molar-refractivity contribution in [2.45, 2.75) is 32.2 Å². The van der Waals surface area contributed by atoms with Gasteiger partial charge >= 0.3 is 0 Å². The van der Waals surface area contributed by atoms with E-state index in [1.54, 1.807) is 7.11 Å². The van der Waals surface area contributed by atoms with Crippen LogP contribution in [0.4, 0.5) is 0 Å². The average Bonchev–Trinajstić information content (AvgIpc) is 2.72. The van der Waals surface area contributed by atoms with E-state index in [2.05, 4.69) is 60.3 Å². The Balaban J connectivity index is 1.90. The number of methoxy groups -OCH3 is 1. The van der Waals surface area contributed by atoms with Crippen LogP contribution in [0.25, 0.3) is 10.9 Å². The molecular formula is C24H27N3O. The second-order valence-electron chi connectivity index (χ2n) is 7.52. The van der Waals surface area contributed by atoms with E-state index in [1.807, 2.05) is 31.2 Å². The second kappa shape index (κ2) is 8.41. The smallest absolute Gasteiger partial charge is 0.216 e. The van der Waals surface area contributed by atoms with Gasteiger partial charge in [-0.1, -0.05) is 49.4 Å². The van der Waals surface area contributed by atoms with E-state index >= 15 is 0 Å². The van der Waals surface area contributed by atoms with Crippen LogP contribution in [-0.2, 0) is 18.4 Å². The average molecular weight is 374 g/mol. The Kier molecular flexibility index (Phi) is 5.96. The summed E-state index contributed by atoms with van der Waals surface area (Å²) in [6, 6.07) is 21.1. The van der Waals surface area contributed by atoms with Crippen molar-refractivity contribution in [1.29, 1.82) is 5.26 Å². The molecule has 0 aliphatic heterocycles. The summed E-state index contributed by atoms with van der Waals surface area (Å²) in [6.45, 7) is 5.52. The van der Waals surface area contributed by atoms with Gasteiger partial charge in [0.1, 0.15) is 0 Å². The highest BCUT2D eigenvalue weighted by molar-refractivity contribution is 5.81. The van der Waals surface area contributed by atoms with Gasteiger partial charge in [0.25, 0.3) is 0 Å². The molecule has 3 aromatic rings. The number of hydrogen-bond donors (Lipinski definition) is 0. The maximum atomic E-state index is 9.99. The molecule has 0 bridgehead atoms. The summed E-state index contributed by atoms with van der Waals surface area (Å²) in [7, 11) is 3.70. The molecule has 1 unspecified atom stereocenters. The minimum absolute atomic E-state index is 0.629. The molecule has 3 rings (SSSR count). The molecule has 0 saturated heterocycles. The summed E-state index contributed by atoms with van der Waals surface area (Å²) in [5.74, 6) is 0.659. The summed E-state index contributed by atoms with van der Waals surface area (Å²) >= 11 is 0. The van der Waals surface area contributed by atoms with Crippen LogP contribution in [0, 0.1) is 11.3 Å². The van der Waals surface area contributed by atoms with Crippen molar-refractivity contribution in [1.82, 2.24) is 9.88 Å². The number of aryl methyl sites for hydroxylation is 1. The quantitative estimate of drug-likeness (QED) is 0.601. The van der Waals surface area contributed by atoms with Gasteiger partial charge in [0.15, 0.2) is 0 Å². The molecule has 0 aliphatic carbocycles. The summed E-state index contributed by atoms with van der Waals surface area (Å²) in [6.07, 6.45) is 0.869. The number of likely N-dealkylation sites (N-methyl/N-ethyl adjacent to an activating group) is 1. The minimum Gasteiger partial charge on any atom is -0.481 e. The zero-order valence-electron chi connectivity index (χ0n) is 17.1. The zero-order valence-corrected chi connectivity index (χ0v) is 17.1. The lowest BCUT2D eigenvalue weighted by atomic mass is 9.83. The molecule has 0 saturated carbocycles. The Morgan fingerprint density at radius 2 is 1.89 bits per heavy atom. The molecule has 28 heavy (non-hydrogen) atoms. The number of hydrogen-bond acceptors (Lipinski definition) is 4. The highest BCUT2D eigenvalue weighted by Crippen LogP contribution is 2.29. The fraction of sp³-hybridized carbons (Fsp3) is 0.333. The zero-order chi connectivity index (χ0) is 20.1. The van der Waals surface area contributed by atoms with Crippen LogP contribution in [0.2, 0.25) is 0 Å². The molecule has 4 heteroatoms. The molecule has 0 aliphatic rings. The van der Waals surface area contributed by atoms with Crippen molar-refractivity contribution < 1.29 is 4.74 Å². The molecule has 4 nitrogen and oxygen atoms in total. The molecule has 2 aromatic carbocycles. The highest BCUT2D eigenvalue weighted by atomic mass is 16.5. The van der Waals surface area contributed by atoms with E-state index in [1.165, 1.54) is 5.56 Å². The molecule has 0 radical (unpaired) electrons. The number of nitrogens with zero attached hydrogens (tertiary/aromatic N) is 3. The van der Waals surface area contributed by atoms with Crippen molar-refractivity contribution in [3.8, 4) is 11.9 Å².